The molecule has 244 valence electrons. The van der Waals surface area contributed by atoms with Crippen LogP contribution in [0.1, 0.15) is 44.7 Å². The van der Waals surface area contributed by atoms with Crippen molar-refractivity contribution >= 4 is 17.9 Å². The first-order chi connectivity index (χ1) is 23.2. The molecule has 5 rings (SSSR count). The third kappa shape index (κ3) is 7.82. The maximum Gasteiger partial charge on any atom is 0.343 e. The normalized spacial score (nSPS) is 13.2. The molecule has 0 spiro atoms. The first kappa shape index (κ1) is 33.3. The summed E-state index contributed by atoms with van der Waals surface area (Å²) in [5, 5.41) is 0. The molecule has 0 radical (unpaired) electrons. The fourth-order valence-corrected chi connectivity index (χ4v) is 5.11. The fraction of sp³-hybridized carbons (Fsp3) is 0.154. The van der Waals surface area contributed by atoms with Gasteiger partial charge in [-0.05, 0) is 101 Å². The van der Waals surface area contributed by atoms with E-state index in [1.165, 1.54) is 6.08 Å². The fourth-order valence-electron chi connectivity index (χ4n) is 5.11. The van der Waals surface area contributed by atoms with Gasteiger partial charge in [0.15, 0.2) is 6.10 Å². The Morgan fingerprint density at radius 1 is 0.708 bits per heavy atom. The van der Waals surface area contributed by atoms with E-state index in [4.69, 9.17) is 28.4 Å². The monoisotopic (exact) mass is 646 g/mol. The molecule has 9 heteroatoms. The Kier molecular flexibility index (Phi) is 10.4. The summed E-state index contributed by atoms with van der Waals surface area (Å²) in [6, 6.07) is 24.2. The van der Waals surface area contributed by atoms with Crippen LogP contribution in [0.4, 0.5) is 0 Å². The highest BCUT2D eigenvalue weighted by atomic mass is 16.6. The first-order valence-electron chi connectivity index (χ1n) is 15.1. The summed E-state index contributed by atoms with van der Waals surface area (Å²) in [6.45, 7) is 12.7. The second-order valence-corrected chi connectivity index (χ2v) is 10.8. The number of hydrogen-bond acceptors (Lipinski definition) is 9. The number of allylic oxidation sites excluding steroid dienone is 1. The molecule has 4 aromatic carbocycles. The van der Waals surface area contributed by atoms with Gasteiger partial charge in [0, 0.05) is 12.0 Å². The Labute approximate surface area is 278 Å². The number of fused-ring (bicyclic) bond motifs is 3. The molecule has 0 bridgehead atoms. The topological polar surface area (TPSA) is 107 Å². The third-order valence-electron chi connectivity index (χ3n) is 7.67. The van der Waals surface area contributed by atoms with Crippen LogP contribution >= 0.6 is 0 Å². The van der Waals surface area contributed by atoms with Crippen LogP contribution in [0.25, 0.3) is 11.1 Å². The molecule has 0 heterocycles. The summed E-state index contributed by atoms with van der Waals surface area (Å²) < 4.78 is 32.9. The predicted molar refractivity (Wildman–Crippen MR) is 180 cm³/mol. The van der Waals surface area contributed by atoms with E-state index in [0.717, 1.165) is 28.3 Å². The zero-order valence-electron chi connectivity index (χ0n) is 26.6. The minimum Gasteiger partial charge on any atom is -0.497 e. The average Bonchev–Trinajstić information content (AvgIpc) is 3.39. The highest BCUT2D eigenvalue weighted by Crippen LogP contribution is 2.47. The van der Waals surface area contributed by atoms with Gasteiger partial charge in [0.25, 0.3) is 0 Å². The molecular weight excluding hydrogens is 612 g/mol. The maximum atomic E-state index is 13.0. The van der Waals surface area contributed by atoms with Crippen LogP contribution in [0.3, 0.4) is 0 Å². The van der Waals surface area contributed by atoms with Crippen LogP contribution in [-0.4, -0.2) is 44.3 Å². The van der Waals surface area contributed by atoms with Crippen molar-refractivity contribution in [3.8, 4) is 34.1 Å². The van der Waals surface area contributed by atoms with Crippen LogP contribution in [0, 0.1) is 0 Å². The largest absolute Gasteiger partial charge is 0.497 e. The number of methoxy groups -OCH3 is 1. The van der Waals surface area contributed by atoms with Gasteiger partial charge in [-0.1, -0.05) is 38.8 Å². The Morgan fingerprint density at radius 2 is 1.21 bits per heavy atom. The van der Waals surface area contributed by atoms with E-state index in [1.54, 1.807) is 67.8 Å². The summed E-state index contributed by atoms with van der Waals surface area (Å²) in [4.78, 5) is 37.4. The van der Waals surface area contributed by atoms with Gasteiger partial charge in [-0.3, -0.25) is 0 Å². The van der Waals surface area contributed by atoms with Crippen molar-refractivity contribution in [2.24, 2.45) is 0 Å². The van der Waals surface area contributed by atoms with Crippen molar-refractivity contribution in [3.05, 3.63) is 145 Å². The van der Waals surface area contributed by atoms with Gasteiger partial charge in [0.2, 0.25) is 0 Å². The summed E-state index contributed by atoms with van der Waals surface area (Å²) in [5.41, 5.74) is 4.77. The van der Waals surface area contributed by atoms with E-state index >= 15 is 0 Å². The number of carbonyl (C=O) groups excluding carboxylic acids is 3. The zero-order chi connectivity index (χ0) is 34.2. The quantitative estimate of drug-likeness (QED) is 0.0454. The molecule has 2 unspecified atom stereocenters. The van der Waals surface area contributed by atoms with E-state index in [9.17, 15) is 14.4 Å². The predicted octanol–water partition coefficient (Wildman–Crippen LogP) is 7.46. The number of ether oxygens (including phenoxy) is 6. The Morgan fingerprint density at radius 3 is 1.69 bits per heavy atom. The number of hydrogen-bond donors (Lipinski definition) is 0. The minimum absolute atomic E-state index is 0.00388. The van der Waals surface area contributed by atoms with Crippen molar-refractivity contribution in [1.29, 1.82) is 0 Å². The number of carbonyl (C=O) groups is 3. The summed E-state index contributed by atoms with van der Waals surface area (Å²) in [6.07, 6.45) is 1.76. The van der Waals surface area contributed by atoms with Crippen LogP contribution in [0.15, 0.2) is 123 Å². The zero-order valence-corrected chi connectivity index (χ0v) is 26.6. The molecule has 0 aliphatic heterocycles. The van der Waals surface area contributed by atoms with Crippen molar-refractivity contribution in [3.63, 3.8) is 0 Å². The average molecular weight is 647 g/mol. The Balaban J connectivity index is 1.20. The van der Waals surface area contributed by atoms with E-state index in [1.807, 2.05) is 24.3 Å². The van der Waals surface area contributed by atoms with Gasteiger partial charge in [-0.25, -0.2) is 14.4 Å². The number of benzene rings is 4. The SMILES string of the molecule is C=CC(=C)OCC(COc1ccc(C(=O)Oc2ccc3c(c2)C(C)c2cc(OC(=O)c4ccc(OC)cc4)ccc2-3)cc1)OC(=O)C=C. The molecule has 4 aromatic rings. The lowest BCUT2D eigenvalue weighted by molar-refractivity contribution is -0.147. The van der Waals surface area contributed by atoms with Crippen LogP contribution in [0.5, 0.6) is 23.0 Å². The van der Waals surface area contributed by atoms with Crippen molar-refractivity contribution in [2.45, 2.75) is 18.9 Å². The molecule has 0 fully saturated rings. The molecule has 1 aliphatic carbocycles. The molecular formula is C39H34O9. The Bertz CT molecular complexity index is 1860. The number of esters is 3. The molecule has 0 N–H and O–H groups in total. The second kappa shape index (κ2) is 15.0. The molecule has 9 nitrogen and oxygen atoms in total. The minimum atomic E-state index is -0.730. The lowest BCUT2D eigenvalue weighted by atomic mass is 9.99. The molecule has 2 atom stereocenters. The van der Waals surface area contributed by atoms with E-state index < -0.39 is 24.0 Å². The summed E-state index contributed by atoms with van der Waals surface area (Å²) in [7, 11) is 1.56. The molecule has 48 heavy (non-hydrogen) atoms. The van der Waals surface area contributed by atoms with Gasteiger partial charge < -0.3 is 28.4 Å². The van der Waals surface area contributed by atoms with Gasteiger partial charge >= 0.3 is 17.9 Å². The molecule has 0 saturated heterocycles. The second-order valence-electron chi connectivity index (χ2n) is 10.8. The van der Waals surface area contributed by atoms with Gasteiger partial charge in [-0.15, -0.1) is 0 Å². The van der Waals surface area contributed by atoms with Crippen LogP contribution in [-0.2, 0) is 14.3 Å². The summed E-state index contributed by atoms with van der Waals surface area (Å²) >= 11 is 0. The highest BCUT2D eigenvalue weighted by molar-refractivity contribution is 5.92. The third-order valence-corrected chi connectivity index (χ3v) is 7.67. The van der Waals surface area contributed by atoms with E-state index in [0.29, 0.717) is 39.9 Å². The summed E-state index contributed by atoms with van der Waals surface area (Å²) in [5.74, 6) is 0.629. The van der Waals surface area contributed by atoms with Crippen LogP contribution < -0.4 is 18.9 Å². The standard InChI is InChI=1S/C39H34O9/c1-6-24(3)44-22-32(46-37(40)7-2)23-45-29-14-10-27(11-15-29)39(42)48-31-17-19-34-33-18-16-30(20-35(33)25(4)36(34)21-31)47-38(41)26-8-12-28(43-5)13-9-26/h6-21,25,32H,1-3,22-23H2,4-5H3. The smallest absolute Gasteiger partial charge is 0.343 e. The van der Waals surface area contributed by atoms with Crippen molar-refractivity contribution in [1.82, 2.24) is 0 Å². The van der Waals surface area contributed by atoms with Crippen molar-refractivity contribution < 1.29 is 42.8 Å². The van der Waals surface area contributed by atoms with Gasteiger partial charge in [0.1, 0.15) is 42.0 Å². The van der Waals surface area contributed by atoms with Gasteiger partial charge in [0.05, 0.1) is 18.2 Å². The lowest BCUT2D eigenvalue weighted by Gasteiger charge is -2.18. The highest BCUT2D eigenvalue weighted by Gasteiger charge is 2.27. The molecule has 0 saturated carbocycles. The first-order valence-corrected chi connectivity index (χ1v) is 15.1. The molecule has 1 aliphatic rings. The van der Waals surface area contributed by atoms with Crippen LogP contribution in [0.2, 0.25) is 0 Å². The van der Waals surface area contributed by atoms with E-state index in [2.05, 4.69) is 26.7 Å². The number of rotatable bonds is 14. The van der Waals surface area contributed by atoms with Gasteiger partial charge in [-0.2, -0.15) is 0 Å². The maximum absolute atomic E-state index is 13.0. The van der Waals surface area contributed by atoms with E-state index in [-0.39, 0.29) is 19.1 Å². The van der Waals surface area contributed by atoms with Crippen molar-refractivity contribution in [2.75, 3.05) is 20.3 Å². The lowest BCUT2D eigenvalue weighted by Crippen LogP contribution is -2.29. The molecule has 0 amide bonds. The Hall–Kier alpha value is -6.09. The molecule has 0 aromatic heterocycles.